The highest BCUT2D eigenvalue weighted by atomic mass is 16.5. The average Bonchev–Trinajstić information content (AvgIpc) is 2.33. The number of carbonyl (C=O) groups is 1. The Balaban J connectivity index is 2.85. The summed E-state index contributed by atoms with van der Waals surface area (Å²) in [7, 11) is 0. The smallest absolute Gasteiger partial charge is 0.319 e. The van der Waals surface area contributed by atoms with Gasteiger partial charge in [-0.1, -0.05) is 6.92 Å². The Morgan fingerprint density at radius 2 is 2.00 bits per heavy atom. The third-order valence-electron chi connectivity index (χ3n) is 2.04. The first-order valence-corrected chi connectivity index (χ1v) is 6.13. The lowest BCUT2D eigenvalue weighted by Crippen LogP contribution is -2.13. The molecule has 0 spiro atoms. The van der Waals surface area contributed by atoms with Crippen molar-refractivity contribution in [2.75, 3.05) is 18.5 Å². The summed E-state index contributed by atoms with van der Waals surface area (Å²) in [5, 5.41) is 2.72. The van der Waals surface area contributed by atoms with Crippen LogP contribution in [0.5, 0.6) is 11.9 Å². The number of hydrogen-bond acceptors (Lipinski definition) is 5. The van der Waals surface area contributed by atoms with Gasteiger partial charge in [-0.25, -0.2) is 4.98 Å². The maximum atomic E-state index is 11.5. The van der Waals surface area contributed by atoms with E-state index in [4.69, 9.17) is 9.47 Å². The van der Waals surface area contributed by atoms with E-state index >= 15 is 0 Å². The second-order valence-electron chi connectivity index (χ2n) is 3.54. The van der Waals surface area contributed by atoms with Crippen molar-refractivity contribution >= 4 is 11.6 Å². The molecule has 0 aliphatic rings. The number of carbonyl (C=O) groups excluding carboxylic acids is 1. The monoisotopic (exact) mass is 253 g/mol. The van der Waals surface area contributed by atoms with Gasteiger partial charge in [0.25, 0.3) is 0 Å². The summed E-state index contributed by atoms with van der Waals surface area (Å²) in [6, 6.07) is 0.245. The molecule has 0 atom stereocenters. The van der Waals surface area contributed by atoms with E-state index in [1.165, 1.54) is 6.20 Å². The van der Waals surface area contributed by atoms with Crippen LogP contribution in [-0.4, -0.2) is 29.1 Å². The van der Waals surface area contributed by atoms with E-state index in [2.05, 4.69) is 15.3 Å². The van der Waals surface area contributed by atoms with Gasteiger partial charge in [0.15, 0.2) is 0 Å². The van der Waals surface area contributed by atoms with Crippen molar-refractivity contribution in [3.8, 4) is 11.9 Å². The van der Waals surface area contributed by atoms with Gasteiger partial charge < -0.3 is 14.8 Å². The molecule has 0 saturated carbocycles. The molecule has 0 radical (unpaired) electrons. The second-order valence-corrected chi connectivity index (χ2v) is 3.54. The normalized spacial score (nSPS) is 9.94. The predicted molar refractivity (Wildman–Crippen MR) is 67.9 cm³/mol. The van der Waals surface area contributed by atoms with Gasteiger partial charge in [0.2, 0.25) is 11.8 Å². The summed E-state index contributed by atoms with van der Waals surface area (Å²) in [4.78, 5) is 19.6. The highest BCUT2D eigenvalue weighted by Gasteiger charge is 2.11. The molecule has 1 aromatic rings. The van der Waals surface area contributed by atoms with Crippen molar-refractivity contribution in [3.05, 3.63) is 6.20 Å². The zero-order chi connectivity index (χ0) is 13.4. The van der Waals surface area contributed by atoms with Crippen LogP contribution >= 0.6 is 0 Å². The summed E-state index contributed by atoms with van der Waals surface area (Å²) in [6.07, 6.45) is 2.74. The van der Waals surface area contributed by atoms with E-state index in [-0.39, 0.29) is 11.9 Å². The standard InChI is InChI=1S/C12H19N3O3/c1-4-7-10(16)14-9-8-13-12(18-6-3)15-11(9)17-5-2/h8H,4-7H2,1-3H3,(H,14,16). The lowest BCUT2D eigenvalue weighted by molar-refractivity contribution is -0.116. The zero-order valence-corrected chi connectivity index (χ0v) is 11.0. The molecule has 0 aliphatic heterocycles. The number of hydrogen-bond donors (Lipinski definition) is 1. The van der Waals surface area contributed by atoms with E-state index in [9.17, 15) is 4.79 Å². The first-order valence-electron chi connectivity index (χ1n) is 6.13. The number of anilines is 1. The highest BCUT2D eigenvalue weighted by Crippen LogP contribution is 2.23. The Hall–Kier alpha value is -1.85. The molecule has 100 valence electrons. The summed E-state index contributed by atoms with van der Waals surface area (Å²) in [5.74, 6) is 0.256. The lowest BCUT2D eigenvalue weighted by atomic mass is 10.3. The van der Waals surface area contributed by atoms with Crippen LogP contribution in [0.4, 0.5) is 5.69 Å². The van der Waals surface area contributed by atoms with E-state index in [1.54, 1.807) is 0 Å². The van der Waals surface area contributed by atoms with Crippen LogP contribution in [0.25, 0.3) is 0 Å². The molecule has 0 saturated heterocycles. The molecular weight excluding hydrogens is 234 g/mol. The van der Waals surface area contributed by atoms with Crippen LogP contribution in [0.15, 0.2) is 6.20 Å². The number of ether oxygens (including phenoxy) is 2. The molecule has 0 aromatic carbocycles. The Morgan fingerprint density at radius 1 is 1.28 bits per heavy atom. The molecule has 0 unspecified atom stereocenters. The van der Waals surface area contributed by atoms with Gasteiger partial charge in [-0.3, -0.25) is 4.79 Å². The highest BCUT2D eigenvalue weighted by molar-refractivity contribution is 5.91. The van der Waals surface area contributed by atoms with Crippen molar-refractivity contribution in [1.82, 2.24) is 9.97 Å². The minimum Gasteiger partial charge on any atom is -0.476 e. The average molecular weight is 253 g/mol. The van der Waals surface area contributed by atoms with Crippen LogP contribution in [0.1, 0.15) is 33.6 Å². The molecule has 18 heavy (non-hydrogen) atoms. The zero-order valence-electron chi connectivity index (χ0n) is 11.0. The van der Waals surface area contributed by atoms with E-state index in [0.29, 0.717) is 31.2 Å². The first kappa shape index (κ1) is 14.2. The molecule has 0 fully saturated rings. The third kappa shape index (κ3) is 4.20. The predicted octanol–water partition coefficient (Wildman–Crippen LogP) is 2.01. The molecule has 6 heteroatoms. The van der Waals surface area contributed by atoms with Crippen LogP contribution in [0.2, 0.25) is 0 Å². The molecule has 1 rings (SSSR count). The quantitative estimate of drug-likeness (QED) is 0.804. The van der Waals surface area contributed by atoms with Crippen LogP contribution in [0.3, 0.4) is 0 Å². The fourth-order valence-corrected chi connectivity index (χ4v) is 1.32. The Kier molecular flexibility index (Phi) is 5.90. The summed E-state index contributed by atoms with van der Waals surface area (Å²) in [5.41, 5.74) is 0.471. The fraction of sp³-hybridized carbons (Fsp3) is 0.583. The van der Waals surface area contributed by atoms with Crippen LogP contribution in [-0.2, 0) is 4.79 Å². The maximum Gasteiger partial charge on any atom is 0.319 e. The van der Waals surface area contributed by atoms with Gasteiger partial charge in [0.1, 0.15) is 5.69 Å². The minimum absolute atomic E-state index is 0.0776. The second kappa shape index (κ2) is 7.47. The minimum atomic E-state index is -0.0776. The lowest BCUT2D eigenvalue weighted by Gasteiger charge is -2.11. The molecule has 1 aromatic heterocycles. The van der Waals surface area contributed by atoms with Gasteiger partial charge in [-0.05, 0) is 20.3 Å². The number of nitrogens with zero attached hydrogens (tertiary/aromatic N) is 2. The molecule has 6 nitrogen and oxygen atoms in total. The number of aromatic nitrogens is 2. The maximum absolute atomic E-state index is 11.5. The van der Waals surface area contributed by atoms with Crippen molar-refractivity contribution in [3.63, 3.8) is 0 Å². The topological polar surface area (TPSA) is 73.3 Å². The van der Waals surface area contributed by atoms with Crippen molar-refractivity contribution in [2.45, 2.75) is 33.6 Å². The number of rotatable bonds is 7. The van der Waals surface area contributed by atoms with Gasteiger partial charge in [0, 0.05) is 6.42 Å². The number of amides is 1. The summed E-state index contributed by atoms with van der Waals surface area (Å²) in [6.45, 7) is 6.57. The van der Waals surface area contributed by atoms with Gasteiger partial charge in [-0.2, -0.15) is 4.98 Å². The summed E-state index contributed by atoms with van der Waals surface area (Å²) < 4.78 is 10.5. The SMILES string of the molecule is CCCC(=O)Nc1cnc(OCC)nc1OCC. The van der Waals surface area contributed by atoms with Gasteiger partial charge in [0.05, 0.1) is 19.4 Å². The first-order chi connectivity index (χ1) is 8.71. The fourth-order valence-electron chi connectivity index (χ4n) is 1.32. The Morgan fingerprint density at radius 3 is 2.61 bits per heavy atom. The van der Waals surface area contributed by atoms with Crippen molar-refractivity contribution in [2.24, 2.45) is 0 Å². The molecule has 0 aliphatic carbocycles. The van der Waals surface area contributed by atoms with Gasteiger partial charge in [-0.15, -0.1) is 0 Å². The van der Waals surface area contributed by atoms with Crippen LogP contribution in [0, 0.1) is 0 Å². The van der Waals surface area contributed by atoms with Crippen molar-refractivity contribution < 1.29 is 14.3 Å². The number of nitrogens with one attached hydrogen (secondary N) is 1. The third-order valence-corrected chi connectivity index (χ3v) is 2.04. The van der Waals surface area contributed by atoms with E-state index < -0.39 is 0 Å². The van der Waals surface area contributed by atoms with Gasteiger partial charge >= 0.3 is 6.01 Å². The van der Waals surface area contributed by atoms with Crippen molar-refractivity contribution in [1.29, 1.82) is 0 Å². The molecule has 1 amide bonds. The Labute approximate surface area is 107 Å². The van der Waals surface area contributed by atoms with E-state index in [0.717, 1.165) is 6.42 Å². The Bertz CT molecular complexity index is 396. The van der Waals surface area contributed by atoms with E-state index in [1.807, 2.05) is 20.8 Å². The summed E-state index contributed by atoms with van der Waals surface area (Å²) >= 11 is 0. The van der Waals surface area contributed by atoms with Crippen LogP contribution < -0.4 is 14.8 Å². The molecular formula is C12H19N3O3. The molecule has 1 N–H and O–H groups in total. The largest absolute Gasteiger partial charge is 0.476 e. The molecule has 1 heterocycles. The molecule has 0 bridgehead atoms.